The maximum atomic E-state index is 13.9. The van der Waals surface area contributed by atoms with E-state index in [2.05, 4.69) is 0 Å². The summed E-state index contributed by atoms with van der Waals surface area (Å²) >= 11 is 0. The van der Waals surface area contributed by atoms with Gasteiger partial charge in [-0.1, -0.05) is 0 Å². The number of ketones is 2. The quantitative estimate of drug-likeness (QED) is 0.321. The van der Waals surface area contributed by atoms with Gasteiger partial charge in [0.15, 0.2) is 11.4 Å². The summed E-state index contributed by atoms with van der Waals surface area (Å²) in [5.41, 5.74) is 3.08. The molecule has 1 unspecified atom stereocenters. The van der Waals surface area contributed by atoms with Crippen LogP contribution in [0.3, 0.4) is 0 Å². The Bertz CT molecular complexity index is 1330. The first-order valence-corrected chi connectivity index (χ1v) is 13.4. The normalized spacial score (nSPS) is 28.1. The third-order valence-corrected chi connectivity index (χ3v) is 8.33. The molecule has 1 saturated carbocycles. The van der Waals surface area contributed by atoms with Crippen LogP contribution < -0.4 is 10.6 Å². The number of likely N-dealkylation sites (N-methyl/N-ethyl adjacent to an activating group) is 1. The third kappa shape index (κ3) is 3.77. The molecule has 0 aromatic heterocycles. The molecule has 1 aromatic rings. The van der Waals surface area contributed by atoms with E-state index < -0.39 is 68.8 Å². The molecule has 12 heteroatoms. The summed E-state index contributed by atoms with van der Waals surface area (Å²) in [5, 5.41) is 45.0. The smallest absolute Gasteiger partial charge is 0.255 e. The SMILES string of the molecule is CN(C)c1cc(CS(C)=O)c(O)c2c1C[C@H]1C[C@H]3[C@H](N(C)C)C(=O)C(C(N)=O)=C(O)[C@@]3(O)C(=O)C1=C2O. The van der Waals surface area contributed by atoms with Gasteiger partial charge in [-0.3, -0.25) is 23.5 Å². The van der Waals surface area contributed by atoms with E-state index in [1.807, 2.05) is 0 Å². The summed E-state index contributed by atoms with van der Waals surface area (Å²) in [6.07, 6.45) is 1.67. The summed E-state index contributed by atoms with van der Waals surface area (Å²) in [4.78, 5) is 42.4. The van der Waals surface area contributed by atoms with Crippen molar-refractivity contribution in [2.75, 3.05) is 39.3 Å². The van der Waals surface area contributed by atoms with Crippen LogP contribution >= 0.6 is 0 Å². The lowest BCUT2D eigenvalue weighted by molar-refractivity contribution is -0.153. The van der Waals surface area contributed by atoms with Crippen molar-refractivity contribution in [2.45, 2.75) is 30.2 Å². The van der Waals surface area contributed by atoms with Crippen molar-refractivity contribution >= 4 is 39.7 Å². The number of amides is 1. The molecular weight excluding hydrogens is 502 g/mol. The number of nitrogens with zero attached hydrogens (tertiary/aromatic N) is 2. The fourth-order valence-corrected chi connectivity index (χ4v) is 6.73. The number of aliphatic hydroxyl groups is 3. The number of carbonyl (C=O) groups excluding carboxylic acids is 3. The van der Waals surface area contributed by atoms with Gasteiger partial charge in [-0.15, -0.1) is 0 Å². The first-order valence-electron chi connectivity index (χ1n) is 11.6. The minimum absolute atomic E-state index is 0.00404. The third-order valence-electron chi connectivity index (χ3n) is 7.62. The zero-order chi connectivity index (χ0) is 27.7. The van der Waals surface area contributed by atoms with Gasteiger partial charge in [-0.05, 0) is 44.5 Å². The number of aromatic hydroxyl groups is 1. The monoisotopic (exact) mass is 533 g/mol. The number of fused-ring (bicyclic) bond motifs is 3. The number of hydrogen-bond acceptors (Lipinski definition) is 10. The molecule has 200 valence electrons. The summed E-state index contributed by atoms with van der Waals surface area (Å²) in [7, 11) is 5.33. The highest BCUT2D eigenvalue weighted by Gasteiger charge is 2.64. The van der Waals surface area contributed by atoms with E-state index in [1.165, 1.54) is 11.2 Å². The van der Waals surface area contributed by atoms with Crippen molar-refractivity contribution in [2.24, 2.45) is 17.6 Å². The molecule has 1 aromatic carbocycles. The topological polar surface area (TPSA) is 182 Å². The second kappa shape index (κ2) is 8.96. The van der Waals surface area contributed by atoms with Gasteiger partial charge in [0.2, 0.25) is 5.78 Å². The van der Waals surface area contributed by atoms with Crippen LogP contribution in [-0.4, -0.2) is 93.1 Å². The lowest BCUT2D eigenvalue weighted by Gasteiger charge is -2.50. The van der Waals surface area contributed by atoms with E-state index in [0.717, 1.165) is 0 Å². The van der Waals surface area contributed by atoms with Crippen LogP contribution in [0.25, 0.3) is 5.76 Å². The highest BCUT2D eigenvalue weighted by molar-refractivity contribution is 7.83. The van der Waals surface area contributed by atoms with Crippen LogP contribution in [0.15, 0.2) is 23.0 Å². The number of Topliss-reactive ketones (excluding diaryl/α,β-unsaturated/α-hetero) is 2. The molecule has 5 atom stereocenters. The van der Waals surface area contributed by atoms with Crippen LogP contribution in [0.1, 0.15) is 23.1 Å². The molecule has 0 heterocycles. The Morgan fingerprint density at radius 1 is 1.19 bits per heavy atom. The number of hydrogen-bond donors (Lipinski definition) is 5. The second-order valence-electron chi connectivity index (χ2n) is 10.3. The number of anilines is 1. The number of benzene rings is 1. The molecule has 4 rings (SSSR count). The number of phenols is 1. The van der Waals surface area contributed by atoms with Crippen molar-refractivity contribution in [1.82, 2.24) is 4.90 Å². The van der Waals surface area contributed by atoms with Crippen LogP contribution in [0.5, 0.6) is 5.75 Å². The van der Waals surface area contributed by atoms with Crippen LogP contribution in [0, 0.1) is 11.8 Å². The largest absolute Gasteiger partial charge is 0.508 e. The number of nitrogens with two attached hydrogens (primary N) is 1. The highest BCUT2D eigenvalue weighted by atomic mass is 32.2. The van der Waals surface area contributed by atoms with Crippen LogP contribution in [0.2, 0.25) is 0 Å². The van der Waals surface area contributed by atoms with Crippen molar-refractivity contribution in [3.05, 3.63) is 39.7 Å². The Morgan fingerprint density at radius 3 is 2.32 bits per heavy atom. The molecule has 11 nitrogen and oxygen atoms in total. The van der Waals surface area contributed by atoms with Gasteiger partial charge in [0.05, 0.1) is 17.4 Å². The van der Waals surface area contributed by atoms with Crippen molar-refractivity contribution in [1.29, 1.82) is 0 Å². The number of primary amides is 1. The minimum Gasteiger partial charge on any atom is -0.508 e. The molecule has 3 aliphatic rings. The highest BCUT2D eigenvalue weighted by Crippen LogP contribution is 2.54. The molecule has 0 radical (unpaired) electrons. The number of phenolic OH excluding ortho intramolecular Hbond substituents is 1. The first kappa shape index (κ1) is 26.8. The predicted molar refractivity (Wildman–Crippen MR) is 136 cm³/mol. The Hall–Kier alpha value is -3.22. The zero-order valence-corrected chi connectivity index (χ0v) is 22.0. The van der Waals surface area contributed by atoms with Crippen LogP contribution in [-0.2, 0) is 37.4 Å². The van der Waals surface area contributed by atoms with Gasteiger partial charge in [0.25, 0.3) is 5.91 Å². The number of aliphatic hydroxyl groups excluding tert-OH is 2. The molecule has 3 aliphatic carbocycles. The summed E-state index contributed by atoms with van der Waals surface area (Å²) < 4.78 is 11.9. The second-order valence-corrected chi connectivity index (χ2v) is 11.8. The van der Waals surface area contributed by atoms with Gasteiger partial charge in [0, 0.05) is 53.9 Å². The lowest BCUT2D eigenvalue weighted by Crippen LogP contribution is -2.65. The van der Waals surface area contributed by atoms with E-state index >= 15 is 0 Å². The van der Waals surface area contributed by atoms with Gasteiger partial charge in [0.1, 0.15) is 22.8 Å². The molecular formula is C25H31N3O8S. The number of rotatable bonds is 5. The standard InChI is InChI=1S/C25H31N3O8S/c1-27(2)14-8-11(9-37(5)36)19(29)16-12(14)6-10-7-13-18(28(3)4)21(31)17(24(26)34)23(33)25(13,35)22(32)15(10)20(16)30/h8,10,13,18,29-30,33,35H,6-7,9H2,1-5H3,(H2,26,34)/t10-,13-,18-,25-,37?/m0/s1. The Kier molecular flexibility index (Phi) is 6.50. The maximum Gasteiger partial charge on any atom is 0.255 e. The van der Waals surface area contributed by atoms with Gasteiger partial charge in [-0.2, -0.15) is 0 Å². The Morgan fingerprint density at radius 2 is 1.81 bits per heavy atom. The summed E-state index contributed by atoms with van der Waals surface area (Å²) in [6.45, 7) is 0. The maximum absolute atomic E-state index is 13.9. The molecule has 6 N–H and O–H groups in total. The fourth-order valence-electron chi connectivity index (χ4n) is 6.07. The van der Waals surface area contributed by atoms with Gasteiger partial charge in [-0.25, -0.2) is 0 Å². The van der Waals surface area contributed by atoms with E-state index in [1.54, 1.807) is 39.2 Å². The predicted octanol–water partition coefficient (Wildman–Crippen LogP) is -0.0915. The molecule has 1 amide bonds. The molecule has 0 aliphatic heterocycles. The molecule has 37 heavy (non-hydrogen) atoms. The van der Waals surface area contributed by atoms with Gasteiger partial charge >= 0.3 is 0 Å². The van der Waals surface area contributed by atoms with E-state index in [-0.39, 0.29) is 35.5 Å². The van der Waals surface area contributed by atoms with E-state index in [9.17, 15) is 39.0 Å². The molecule has 1 fully saturated rings. The van der Waals surface area contributed by atoms with E-state index in [0.29, 0.717) is 16.8 Å². The Labute approximate surface area is 216 Å². The molecule has 0 bridgehead atoms. The molecule has 0 spiro atoms. The van der Waals surface area contributed by atoms with Crippen molar-refractivity contribution in [3.8, 4) is 5.75 Å². The summed E-state index contributed by atoms with van der Waals surface area (Å²) in [5.74, 6) is -6.96. The fraction of sp³-hybridized carbons (Fsp3) is 0.480. The Balaban J connectivity index is 2.01. The van der Waals surface area contributed by atoms with Crippen molar-refractivity contribution in [3.63, 3.8) is 0 Å². The lowest BCUT2D eigenvalue weighted by atomic mass is 9.57. The zero-order valence-electron chi connectivity index (χ0n) is 21.2. The number of carbonyl (C=O) groups is 3. The van der Waals surface area contributed by atoms with Crippen LogP contribution in [0.4, 0.5) is 5.69 Å². The van der Waals surface area contributed by atoms with E-state index in [4.69, 9.17) is 5.73 Å². The molecule has 0 saturated heterocycles. The minimum atomic E-state index is -2.69. The van der Waals surface area contributed by atoms with Crippen molar-refractivity contribution < 1.29 is 39.0 Å². The first-order chi connectivity index (χ1) is 17.1. The summed E-state index contributed by atoms with van der Waals surface area (Å²) in [6, 6.07) is 0.552. The van der Waals surface area contributed by atoms with Gasteiger partial charge < -0.3 is 31.1 Å². The average Bonchev–Trinajstić information content (AvgIpc) is 2.77. The average molecular weight is 534 g/mol.